The van der Waals surface area contributed by atoms with E-state index in [1.807, 2.05) is 0 Å². The van der Waals surface area contributed by atoms with E-state index < -0.39 is 6.23 Å². The Labute approximate surface area is 177 Å². The van der Waals surface area contributed by atoms with E-state index in [1.54, 1.807) is 53.4 Å². The molecule has 1 atom stereocenters. The fourth-order valence-electron chi connectivity index (χ4n) is 3.30. The summed E-state index contributed by atoms with van der Waals surface area (Å²) in [6.07, 6.45) is 4.72. The monoisotopic (exact) mass is 413 g/mol. The van der Waals surface area contributed by atoms with Gasteiger partial charge in [-0.2, -0.15) is 0 Å². The molecule has 1 aliphatic carbocycles. The van der Waals surface area contributed by atoms with E-state index in [2.05, 4.69) is 29.7 Å². The van der Waals surface area contributed by atoms with E-state index >= 15 is 0 Å². The molecule has 0 aromatic heterocycles. The predicted octanol–water partition coefficient (Wildman–Crippen LogP) is 1.70. The lowest BCUT2D eigenvalue weighted by Crippen LogP contribution is -2.31. The first-order chi connectivity index (χ1) is 14.6. The zero-order chi connectivity index (χ0) is 21.9. The number of aliphatic hydroxyl groups is 2. The van der Waals surface area contributed by atoms with Crippen LogP contribution < -0.4 is 11.2 Å². The molecule has 0 radical (unpaired) electrons. The van der Waals surface area contributed by atoms with Crippen molar-refractivity contribution < 1.29 is 19.8 Å². The molecule has 1 unspecified atom stereocenters. The number of hydrogen-bond acceptors (Lipinski definition) is 6. The average Bonchev–Trinajstić information content (AvgIpc) is 3.44. The van der Waals surface area contributed by atoms with Crippen LogP contribution in [0.5, 0.6) is 0 Å². The topological polar surface area (TPSA) is 108 Å². The van der Waals surface area contributed by atoms with E-state index in [9.17, 15) is 9.90 Å². The average molecular weight is 414 g/mol. The zero-order valence-corrected chi connectivity index (χ0v) is 17.5. The molecular formula is C23H31N3O4. The molecule has 0 spiro atoms. The van der Waals surface area contributed by atoms with Gasteiger partial charge in [-0.05, 0) is 42.5 Å². The van der Waals surface area contributed by atoms with Gasteiger partial charge in [0.15, 0.2) is 12.0 Å². The van der Waals surface area contributed by atoms with Gasteiger partial charge in [-0.25, -0.2) is 0 Å². The molecule has 1 aliphatic heterocycles. The highest BCUT2D eigenvalue weighted by Gasteiger charge is 2.16. The highest BCUT2D eigenvalue weighted by molar-refractivity contribution is 5.94. The van der Waals surface area contributed by atoms with E-state index in [-0.39, 0.29) is 5.91 Å². The fraction of sp³-hybridized carbons (Fsp3) is 0.348. The van der Waals surface area contributed by atoms with E-state index in [0.717, 1.165) is 12.7 Å². The highest BCUT2D eigenvalue weighted by atomic mass is 16.7. The molecule has 0 saturated carbocycles. The minimum atomic E-state index is -0.799. The molecule has 30 heavy (non-hydrogen) atoms. The molecular weight excluding hydrogens is 382 g/mol. The number of nitrogens with zero attached hydrogens (tertiary/aromatic N) is 1. The Morgan fingerprint density at radius 3 is 2.23 bits per heavy atom. The van der Waals surface area contributed by atoms with Gasteiger partial charge in [0.25, 0.3) is 5.91 Å². The number of aliphatic hydroxyl groups excluding tert-OH is 2. The Morgan fingerprint density at radius 1 is 1.13 bits per heavy atom. The standard InChI is InChI=1S/C13H17N3O3.C9H10.CH4O/c1-16(7-6-14)13(18)10-4-2-9(3-5-10)11-8-12(17)15-19-11;1-2-5-9-7-3-6-8(9)4-1;1-2/h2-5,8,12,15,17H,6-7,14H2,1H3;1-2,4-5H,3,6-7H2;2H,1H3. The van der Waals surface area contributed by atoms with Crippen LogP contribution in [0, 0.1) is 0 Å². The Kier molecular flexibility index (Phi) is 9.50. The molecule has 1 heterocycles. The third kappa shape index (κ3) is 6.40. The van der Waals surface area contributed by atoms with Crippen LogP contribution in [0.2, 0.25) is 0 Å². The van der Waals surface area contributed by atoms with Crippen molar-refractivity contribution in [3.8, 4) is 0 Å². The summed E-state index contributed by atoms with van der Waals surface area (Å²) in [5.74, 6) is 0.471. The number of aryl methyl sites for hydroxylation is 2. The van der Waals surface area contributed by atoms with Crippen LogP contribution in [0.4, 0.5) is 0 Å². The molecule has 2 aliphatic rings. The third-order valence-electron chi connectivity index (χ3n) is 4.84. The largest absolute Gasteiger partial charge is 0.405 e. The molecule has 7 nitrogen and oxygen atoms in total. The number of nitrogens with one attached hydrogen (secondary N) is 1. The highest BCUT2D eigenvalue weighted by Crippen LogP contribution is 2.21. The van der Waals surface area contributed by atoms with Crippen molar-refractivity contribution in [2.24, 2.45) is 5.73 Å². The second-order valence-corrected chi connectivity index (χ2v) is 6.91. The number of carbonyl (C=O) groups is 1. The summed E-state index contributed by atoms with van der Waals surface area (Å²) in [5, 5.41) is 16.3. The third-order valence-corrected chi connectivity index (χ3v) is 4.84. The van der Waals surface area contributed by atoms with Gasteiger partial charge in [0, 0.05) is 44.4 Å². The van der Waals surface area contributed by atoms with Crippen LogP contribution in [-0.2, 0) is 17.7 Å². The zero-order valence-electron chi connectivity index (χ0n) is 17.5. The Bertz CT molecular complexity index is 814. The normalized spacial score (nSPS) is 16.2. The molecule has 162 valence electrons. The summed E-state index contributed by atoms with van der Waals surface area (Å²) in [6, 6.07) is 15.7. The lowest BCUT2D eigenvalue weighted by atomic mass is 10.1. The van der Waals surface area contributed by atoms with Crippen molar-refractivity contribution >= 4 is 11.7 Å². The summed E-state index contributed by atoms with van der Waals surface area (Å²) in [7, 11) is 2.71. The summed E-state index contributed by atoms with van der Waals surface area (Å²) >= 11 is 0. The first kappa shape index (κ1) is 23.6. The lowest BCUT2D eigenvalue weighted by Gasteiger charge is -2.16. The first-order valence-electron chi connectivity index (χ1n) is 9.98. The quantitative estimate of drug-likeness (QED) is 0.608. The van der Waals surface area contributed by atoms with Crippen molar-refractivity contribution in [3.05, 3.63) is 76.9 Å². The molecule has 2 aromatic rings. The summed E-state index contributed by atoms with van der Waals surface area (Å²) in [5.41, 5.74) is 12.3. The second kappa shape index (κ2) is 12.1. The van der Waals surface area contributed by atoms with Crippen LogP contribution in [0.3, 0.4) is 0 Å². The maximum Gasteiger partial charge on any atom is 0.253 e. The Balaban J connectivity index is 0.000000241. The van der Waals surface area contributed by atoms with Crippen LogP contribution in [0.15, 0.2) is 54.6 Å². The molecule has 0 saturated heterocycles. The summed E-state index contributed by atoms with van der Waals surface area (Å²) in [4.78, 5) is 18.7. The molecule has 2 aromatic carbocycles. The first-order valence-corrected chi connectivity index (χ1v) is 9.98. The van der Waals surface area contributed by atoms with E-state index in [4.69, 9.17) is 15.7 Å². The maximum atomic E-state index is 12.0. The van der Waals surface area contributed by atoms with Crippen LogP contribution in [0.1, 0.15) is 33.5 Å². The van der Waals surface area contributed by atoms with Crippen LogP contribution >= 0.6 is 0 Å². The number of rotatable bonds is 4. The predicted molar refractivity (Wildman–Crippen MR) is 117 cm³/mol. The Morgan fingerprint density at radius 2 is 1.73 bits per heavy atom. The van der Waals surface area contributed by atoms with Crippen molar-refractivity contribution in [2.75, 3.05) is 27.2 Å². The van der Waals surface area contributed by atoms with E-state index in [1.165, 1.54) is 19.3 Å². The number of fused-ring (bicyclic) bond motifs is 1. The van der Waals surface area contributed by atoms with Gasteiger partial charge in [0.2, 0.25) is 0 Å². The summed E-state index contributed by atoms with van der Waals surface area (Å²) in [6.45, 7) is 0.954. The van der Waals surface area contributed by atoms with Gasteiger partial charge in [0.05, 0.1) is 0 Å². The van der Waals surface area contributed by atoms with Crippen LogP contribution in [-0.4, -0.2) is 54.5 Å². The van der Waals surface area contributed by atoms with Crippen LogP contribution in [0.25, 0.3) is 5.76 Å². The van der Waals surface area contributed by atoms with Crippen molar-refractivity contribution in [1.29, 1.82) is 0 Å². The number of nitrogens with two attached hydrogens (primary N) is 1. The number of benzene rings is 2. The minimum absolute atomic E-state index is 0.0727. The van der Waals surface area contributed by atoms with Gasteiger partial charge >= 0.3 is 0 Å². The number of hydroxylamine groups is 1. The van der Waals surface area contributed by atoms with Crippen molar-refractivity contribution in [1.82, 2.24) is 10.4 Å². The van der Waals surface area contributed by atoms with Gasteiger partial charge in [0.1, 0.15) is 0 Å². The summed E-state index contributed by atoms with van der Waals surface area (Å²) < 4.78 is 0. The second-order valence-electron chi connectivity index (χ2n) is 6.91. The molecule has 5 N–H and O–H groups in total. The van der Waals surface area contributed by atoms with Gasteiger partial charge in [-0.3, -0.25) is 4.79 Å². The van der Waals surface area contributed by atoms with Gasteiger partial charge in [-0.1, -0.05) is 36.4 Å². The SMILES string of the molecule is CN(CCN)C(=O)c1ccc(C2=CC(O)NO2)cc1.CO.c1ccc2c(c1)CCC2. The number of hydrogen-bond donors (Lipinski definition) is 4. The molecule has 0 fully saturated rings. The van der Waals surface area contributed by atoms with Crippen molar-refractivity contribution in [3.63, 3.8) is 0 Å². The van der Waals surface area contributed by atoms with E-state index in [0.29, 0.717) is 24.4 Å². The number of amides is 1. The minimum Gasteiger partial charge on any atom is -0.405 e. The number of likely N-dealkylation sites (N-methyl/N-ethyl adjacent to an activating group) is 1. The maximum absolute atomic E-state index is 12.0. The van der Waals surface area contributed by atoms with Gasteiger partial charge in [-0.15, -0.1) is 5.48 Å². The molecule has 1 amide bonds. The fourth-order valence-corrected chi connectivity index (χ4v) is 3.30. The van der Waals surface area contributed by atoms with Gasteiger partial charge < -0.3 is 25.7 Å². The van der Waals surface area contributed by atoms with Crippen molar-refractivity contribution in [2.45, 2.75) is 25.5 Å². The molecule has 0 bridgehead atoms. The molecule has 7 heteroatoms. The smallest absolute Gasteiger partial charge is 0.253 e. The Hall–Kier alpha value is -2.71. The number of carbonyl (C=O) groups excluding carboxylic acids is 1. The lowest BCUT2D eigenvalue weighted by molar-refractivity contribution is 0.0566. The molecule has 4 rings (SSSR count).